The summed E-state index contributed by atoms with van der Waals surface area (Å²) in [5, 5.41) is 2.90. The zero-order valence-corrected chi connectivity index (χ0v) is 23.4. The average Bonchev–Trinajstić information content (AvgIpc) is 2.91. The minimum Gasteiger partial charge on any atom is -0.354 e. The fraction of sp³-hybridized carbons (Fsp3) is 0.333. The predicted molar refractivity (Wildman–Crippen MR) is 151 cm³/mol. The molecule has 2 amide bonds. The molecule has 7 nitrogen and oxygen atoms in total. The van der Waals surface area contributed by atoms with Gasteiger partial charge >= 0.3 is 0 Å². The topological polar surface area (TPSA) is 86.8 Å². The maximum absolute atomic E-state index is 14.0. The van der Waals surface area contributed by atoms with Crippen LogP contribution in [0.1, 0.15) is 43.4 Å². The standard InChI is InChI=1S/C30H37N3O4S/c1-5-19-31-30(35)28(6-2)32(21-25-12-10-11-24(4)20-25)29(34)22-33(26-17-15-23(3)16-18-26)38(36,37)27-13-8-7-9-14-27/h7-18,20,28H,5-6,19,21-22H2,1-4H3,(H,31,35)/t28-/m0/s1. The third-order valence-corrected chi connectivity index (χ3v) is 8.09. The van der Waals surface area contributed by atoms with Crippen molar-refractivity contribution in [1.29, 1.82) is 0 Å². The van der Waals surface area contributed by atoms with Crippen LogP contribution < -0.4 is 9.62 Å². The summed E-state index contributed by atoms with van der Waals surface area (Å²) >= 11 is 0. The van der Waals surface area contributed by atoms with E-state index in [1.807, 2.05) is 64.1 Å². The highest BCUT2D eigenvalue weighted by atomic mass is 32.2. The van der Waals surface area contributed by atoms with Crippen molar-refractivity contribution in [3.05, 3.63) is 95.6 Å². The van der Waals surface area contributed by atoms with Gasteiger partial charge in [-0.3, -0.25) is 13.9 Å². The van der Waals surface area contributed by atoms with Crippen LogP contribution in [-0.2, 0) is 26.2 Å². The second-order valence-corrected chi connectivity index (χ2v) is 11.2. The molecule has 0 radical (unpaired) electrons. The molecule has 8 heteroatoms. The Hall–Kier alpha value is -3.65. The number of nitrogens with one attached hydrogen (secondary N) is 1. The lowest BCUT2D eigenvalue weighted by atomic mass is 10.1. The van der Waals surface area contributed by atoms with Crippen LogP contribution in [0.2, 0.25) is 0 Å². The highest BCUT2D eigenvalue weighted by Gasteiger charge is 2.33. The number of hydrogen-bond acceptors (Lipinski definition) is 4. The molecule has 0 aliphatic heterocycles. The summed E-state index contributed by atoms with van der Waals surface area (Å²) in [5.41, 5.74) is 3.25. The Morgan fingerprint density at radius 2 is 1.55 bits per heavy atom. The first-order valence-electron chi connectivity index (χ1n) is 12.9. The maximum Gasteiger partial charge on any atom is 0.264 e. The fourth-order valence-electron chi connectivity index (χ4n) is 4.25. The number of amides is 2. The van der Waals surface area contributed by atoms with Gasteiger partial charge in [-0.05, 0) is 56.5 Å². The molecule has 1 atom stereocenters. The summed E-state index contributed by atoms with van der Waals surface area (Å²) in [5.74, 6) is -0.701. The Morgan fingerprint density at radius 3 is 2.16 bits per heavy atom. The zero-order chi connectivity index (χ0) is 27.7. The Kier molecular flexibility index (Phi) is 10.1. The van der Waals surface area contributed by atoms with Crippen LogP contribution in [0, 0.1) is 13.8 Å². The first-order chi connectivity index (χ1) is 18.2. The van der Waals surface area contributed by atoms with Gasteiger partial charge in [0.2, 0.25) is 11.8 Å². The number of carbonyl (C=O) groups is 2. The summed E-state index contributed by atoms with van der Waals surface area (Å²) in [6.07, 6.45) is 1.16. The summed E-state index contributed by atoms with van der Waals surface area (Å²) < 4.78 is 28.7. The molecule has 0 aromatic heterocycles. The molecule has 0 unspecified atom stereocenters. The lowest BCUT2D eigenvalue weighted by molar-refractivity contribution is -0.140. The minimum absolute atomic E-state index is 0.0892. The number of anilines is 1. The monoisotopic (exact) mass is 535 g/mol. The molecule has 3 aromatic carbocycles. The quantitative estimate of drug-likeness (QED) is 0.360. The molecule has 0 bridgehead atoms. The van der Waals surface area contributed by atoms with Crippen molar-refractivity contribution in [2.24, 2.45) is 0 Å². The molecule has 38 heavy (non-hydrogen) atoms. The van der Waals surface area contributed by atoms with Crippen molar-refractivity contribution in [3.8, 4) is 0 Å². The minimum atomic E-state index is -4.06. The maximum atomic E-state index is 14.0. The smallest absolute Gasteiger partial charge is 0.264 e. The van der Waals surface area contributed by atoms with E-state index in [1.54, 1.807) is 30.3 Å². The Bertz CT molecular complexity index is 1330. The van der Waals surface area contributed by atoms with E-state index in [0.717, 1.165) is 27.4 Å². The SMILES string of the molecule is CCCNC(=O)[C@H](CC)N(Cc1cccc(C)c1)C(=O)CN(c1ccc(C)cc1)S(=O)(=O)c1ccccc1. The van der Waals surface area contributed by atoms with E-state index in [2.05, 4.69) is 5.32 Å². The highest BCUT2D eigenvalue weighted by molar-refractivity contribution is 7.92. The van der Waals surface area contributed by atoms with Crippen LogP contribution in [0.3, 0.4) is 0 Å². The van der Waals surface area contributed by atoms with Gasteiger partial charge in [0.1, 0.15) is 12.6 Å². The highest BCUT2D eigenvalue weighted by Crippen LogP contribution is 2.25. The van der Waals surface area contributed by atoms with Crippen molar-refractivity contribution >= 4 is 27.5 Å². The van der Waals surface area contributed by atoms with Crippen molar-refractivity contribution in [1.82, 2.24) is 10.2 Å². The van der Waals surface area contributed by atoms with E-state index in [0.29, 0.717) is 18.7 Å². The van der Waals surface area contributed by atoms with E-state index in [9.17, 15) is 18.0 Å². The number of benzene rings is 3. The number of rotatable bonds is 12. The van der Waals surface area contributed by atoms with E-state index in [1.165, 1.54) is 17.0 Å². The third-order valence-electron chi connectivity index (χ3n) is 6.30. The molecule has 0 heterocycles. The van der Waals surface area contributed by atoms with Gasteiger partial charge in [0.25, 0.3) is 10.0 Å². The average molecular weight is 536 g/mol. The fourth-order valence-corrected chi connectivity index (χ4v) is 5.69. The van der Waals surface area contributed by atoms with Crippen LogP contribution in [0.5, 0.6) is 0 Å². The lowest BCUT2D eigenvalue weighted by Gasteiger charge is -2.33. The van der Waals surface area contributed by atoms with E-state index < -0.39 is 28.5 Å². The number of carbonyl (C=O) groups excluding carboxylic acids is 2. The largest absolute Gasteiger partial charge is 0.354 e. The molecule has 3 rings (SSSR count). The van der Waals surface area contributed by atoms with Crippen LogP contribution >= 0.6 is 0 Å². The summed E-state index contributed by atoms with van der Waals surface area (Å²) in [7, 11) is -4.06. The van der Waals surface area contributed by atoms with Gasteiger partial charge in [-0.1, -0.05) is 79.6 Å². The van der Waals surface area contributed by atoms with Crippen molar-refractivity contribution in [2.45, 2.75) is 58.0 Å². The van der Waals surface area contributed by atoms with Crippen LogP contribution in [0.15, 0.2) is 83.8 Å². The Labute approximate surface area is 226 Å². The predicted octanol–water partition coefficient (Wildman–Crippen LogP) is 4.83. The van der Waals surface area contributed by atoms with Gasteiger partial charge in [0, 0.05) is 13.1 Å². The molecule has 202 valence electrons. The van der Waals surface area contributed by atoms with Crippen LogP contribution in [-0.4, -0.2) is 44.3 Å². The molecular weight excluding hydrogens is 498 g/mol. The van der Waals surface area contributed by atoms with Crippen LogP contribution in [0.4, 0.5) is 5.69 Å². The van der Waals surface area contributed by atoms with Crippen molar-refractivity contribution in [3.63, 3.8) is 0 Å². The third kappa shape index (κ3) is 7.22. The molecule has 0 fully saturated rings. The molecule has 0 aliphatic carbocycles. The molecular formula is C30H37N3O4S. The number of nitrogens with zero attached hydrogens (tertiary/aromatic N) is 2. The normalized spacial score (nSPS) is 12.0. The van der Waals surface area contributed by atoms with Crippen molar-refractivity contribution in [2.75, 3.05) is 17.4 Å². The van der Waals surface area contributed by atoms with Gasteiger partial charge < -0.3 is 10.2 Å². The summed E-state index contributed by atoms with van der Waals surface area (Å²) in [6.45, 7) is 7.94. The number of aryl methyl sites for hydroxylation is 2. The Morgan fingerprint density at radius 1 is 0.868 bits per heavy atom. The van der Waals surface area contributed by atoms with Gasteiger partial charge in [-0.25, -0.2) is 8.42 Å². The van der Waals surface area contributed by atoms with E-state index in [-0.39, 0.29) is 17.3 Å². The summed E-state index contributed by atoms with van der Waals surface area (Å²) in [4.78, 5) is 28.7. The zero-order valence-electron chi connectivity index (χ0n) is 22.6. The molecule has 0 saturated carbocycles. The van der Waals surface area contributed by atoms with E-state index >= 15 is 0 Å². The van der Waals surface area contributed by atoms with Gasteiger partial charge in [-0.2, -0.15) is 0 Å². The van der Waals surface area contributed by atoms with Gasteiger partial charge in [0.15, 0.2) is 0 Å². The Balaban J connectivity index is 2.03. The molecule has 1 N–H and O–H groups in total. The number of hydrogen-bond donors (Lipinski definition) is 1. The number of sulfonamides is 1. The molecule has 3 aromatic rings. The van der Waals surface area contributed by atoms with E-state index in [4.69, 9.17) is 0 Å². The lowest BCUT2D eigenvalue weighted by Crippen LogP contribution is -2.52. The van der Waals surface area contributed by atoms with Gasteiger partial charge in [-0.15, -0.1) is 0 Å². The second kappa shape index (κ2) is 13.2. The second-order valence-electron chi connectivity index (χ2n) is 9.39. The molecule has 0 aliphatic rings. The van der Waals surface area contributed by atoms with Gasteiger partial charge in [0.05, 0.1) is 10.6 Å². The first-order valence-corrected chi connectivity index (χ1v) is 14.4. The van der Waals surface area contributed by atoms with Crippen LogP contribution in [0.25, 0.3) is 0 Å². The first kappa shape index (κ1) is 28.9. The molecule has 0 spiro atoms. The van der Waals surface area contributed by atoms with Crippen molar-refractivity contribution < 1.29 is 18.0 Å². The molecule has 0 saturated heterocycles. The summed E-state index contributed by atoms with van der Waals surface area (Å²) in [6, 6.07) is 22.1.